The lowest BCUT2D eigenvalue weighted by Gasteiger charge is -2.26. The number of hydrogen-bond acceptors (Lipinski definition) is 4. The molecule has 4 heteroatoms. The van der Waals surface area contributed by atoms with E-state index in [1.54, 1.807) is 0 Å². The molecule has 0 fully saturated rings. The molecule has 0 bridgehead atoms. The van der Waals surface area contributed by atoms with Gasteiger partial charge in [0.25, 0.3) is 0 Å². The van der Waals surface area contributed by atoms with Gasteiger partial charge in [0.2, 0.25) is 0 Å². The van der Waals surface area contributed by atoms with Crippen LogP contribution in [0.25, 0.3) is 10.9 Å². The summed E-state index contributed by atoms with van der Waals surface area (Å²) in [5, 5.41) is 10.1. The van der Waals surface area contributed by atoms with Crippen LogP contribution in [0, 0.1) is 0 Å². The average molecular weight is 273 g/mol. The minimum atomic E-state index is 0.217. The van der Waals surface area contributed by atoms with Crippen molar-refractivity contribution in [2.45, 2.75) is 32.9 Å². The molecule has 1 aromatic heterocycles. The zero-order valence-electron chi connectivity index (χ0n) is 12.2. The molecule has 0 aliphatic rings. The predicted molar refractivity (Wildman–Crippen MR) is 83.4 cm³/mol. The molecule has 0 saturated carbocycles. The molecule has 2 rings (SSSR count). The van der Waals surface area contributed by atoms with Crippen molar-refractivity contribution in [1.82, 2.24) is 9.88 Å². The maximum absolute atomic E-state index is 9.00. The number of anilines is 1. The maximum Gasteiger partial charge on any atom is 0.128 e. The van der Waals surface area contributed by atoms with Gasteiger partial charge < -0.3 is 10.8 Å². The van der Waals surface area contributed by atoms with Crippen molar-refractivity contribution in [2.75, 3.05) is 18.9 Å². The predicted octanol–water partition coefficient (Wildman–Crippen LogP) is 2.41. The number of aromatic nitrogens is 1. The number of fused-ring (bicyclic) bond motifs is 1. The Hall–Kier alpha value is -1.65. The van der Waals surface area contributed by atoms with E-state index in [0.29, 0.717) is 11.9 Å². The molecule has 0 unspecified atom stereocenters. The molecule has 0 aliphatic heterocycles. The van der Waals surface area contributed by atoms with Crippen LogP contribution in [0.4, 0.5) is 5.82 Å². The van der Waals surface area contributed by atoms with Gasteiger partial charge in [-0.1, -0.05) is 18.2 Å². The molecular formula is C16H23N3O. The lowest BCUT2D eigenvalue weighted by Crippen LogP contribution is -2.32. The van der Waals surface area contributed by atoms with Gasteiger partial charge in [0, 0.05) is 36.7 Å². The van der Waals surface area contributed by atoms with Crippen LogP contribution >= 0.6 is 0 Å². The van der Waals surface area contributed by atoms with E-state index in [1.807, 2.05) is 18.2 Å². The first-order chi connectivity index (χ1) is 9.61. The SMILES string of the molecule is CC(C)N(CCCO)Cc1cc2ccccc2nc1N. The van der Waals surface area contributed by atoms with Gasteiger partial charge in [-0.3, -0.25) is 4.90 Å². The van der Waals surface area contributed by atoms with Crippen molar-refractivity contribution in [3.63, 3.8) is 0 Å². The molecule has 1 heterocycles. The van der Waals surface area contributed by atoms with E-state index >= 15 is 0 Å². The Kier molecular flexibility index (Phi) is 4.93. The van der Waals surface area contributed by atoms with Crippen LogP contribution in [-0.2, 0) is 6.54 Å². The number of nitrogens with zero attached hydrogens (tertiary/aromatic N) is 2. The van der Waals surface area contributed by atoms with Crippen molar-refractivity contribution in [2.24, 2.45) is 0 Å². The molecule has 108 valence electrons. The number of hydrogen-bond donors (Lipinski definition) is 2. The van der Waals surface area contributed by atoms with Crippen molar-refractivity contribution >= 4 is 16.7 Å². The lowest BCUT2D eigenvalue weighted by molar-refractivity contribution is 0.185. The fourth-order valence-corrected chi connectivity index (χ4v) is 2.31. The molecule has 2 aromatic rings. The topological polar surface area (TPSA) is 62.4 Å². The first-order valence-corrected chi connectivity index (χ1v) is 7.11. The minimum Gasteiger partial charge on any atom is -0.396 e. The maximum atomic E-state index is 9.00. The van der Waals surface area contributed by atoms with Gasteiger partial charge >= 0.3 is 0 Å². The third kappa shape index (κ3) is 3.46. The van der Waals surface area contributed by atoms with Crippen LogP contribution in [0.1, 0.15) is 25.8 Å². The zero-order valence-corrected chi connectivity index (χ0v) is 12.2. The van der Waals surface area contributed by atoms with Gasteiger partial charge in [-0.15, -0.1) is 0 Å². The third-order valence-electron chi connectivity index (χ3n) is 3.54. The monoisotopic (exact) mass is 273 g/mol. The van der Waals surface area contributed by atoms with Gasteiger partial charge in [-0.25, -0.2) is 4.98 Å². The van der Waals surface area contributed by atoms with E-state index in [2.05, 4.69) is 35.9 Å². The molecule has 20 heavy (non-hydrogen) atoms. The first kappa shape index (κ1) is 14.8. The van der Waals surface area contributed by atoms with Crippen LogP contribution in [-0.4, -0.2) is 34.2 Å². The summed E-state index contributed by atoms with van der Waals surface area (Å²) in [5.74, 6) is 0.596. The minimum absolute atomic E-state index is 0.217. The second kappa shape index (κ2) is 6.68. The Morgan fingerprint density at radius 3 is 2.75 bits per heavy atom. The number of nitrogens with two attached hydrogens (primary N) is 1. The highest BCUT2D eigenvalue weighted by atomic mass is 16.3. The normalized spacial score (nSPS) is 11.7. The largest absolute Gasteiger partial charge is 0.396 e. The molecule has 0 radical (unpaired) electrons. The van der Waals surface area contributed by atoms with Crippen molar-refractivity contribution in [3.8, 4) is 0 Å². The fourth-order valence-electron chi connectivity index (χ4n) is 2.31. The standard InChI is InChI=1S/C16H23N3O/c1-12(2)19(8-5-9-20)11-14-10-13-6-3-4-7-15(13)18-16(14)17/h3-4,6-7,10,12,20H,5,8-9,11H2,1-2H3,(H2,17,18). The van der Waals surface area contributed by atoms with E-state index in [-0.39, 0.29) is 6.61 Å². The summed E-state index contributed by atoms with van der Waals surface area (Å²) < 4.78 is 0. The summed E-state index contributed by atoms with van der Waals surface area (Å²) in [6.07, 6.45) is 0.777. The highest BCUT2D eigenvalue weighted by molar-refractivity contribution is 5.81. The van der Waals surface area contributed by atoms with Crippen LogP contribution < -0.4 is 5.73 Å². The second-order valence-electron chi connectivity index (χ2n) is 5.37. The number of aliphatic hydroxyl groups excluding tert-OH is 1. The van der Waals surface area contributed by atoms with Gasteiger partial charge in [0.1, 0.15) is 5.82 Å². The number of para-hydroxylation sites is 1. The van der Waals surface area contributed by atoms with Gasteiger partial charge in [0.05, 0.1) is 5.52 Å². The molecule has 0 spiro atoms. The van der Waals surface area contributed by atoms with Crippen LogP contribution in [0.2, 0.25) is 0 Å². The summed E-state index contributed by atoms with van der Waals surface area (Å²) in [4.78, 5) is 6.77. The zero-order chi connectivity index (χ0) is 14.5. The number of rotatable bonds is 6. The average Bonchev–Trinajstić information content (AvgIpc) is 2.43. The van der Waals surface area contributed by atoms with Gasteiger partial charge in [0.15, 0.2) is 0 Å². The number of aliphatic hydroxyl groups is 1. The quantitative estimate of drug-likeness (QED) is 0.848. The van der Waals surface area contributed by atoms with E-state index in [0.717, 1.165) is 36.0 Å². The van der Waals surface area contributed by atoms with Crippen molar-refractivity contribution in [1.29, 1.82) is 0 Å². The molecule has 3 N–H and O–H groups in total. The van der Waals surface area contributed by atoms with E-state index in [9.17, 15) is 0 Å². The molecule has 4 nitrogen and oxygen atoms in total. The van der Waals surface area contributed by atoms with E-state index in [1.165, 1.54) is 0 Å². The third-order valence-corrected chi connectivity index (χ3v) is 3.54. The number of pyridine rings is 1. The smallest absolute Gasteiger partial charge is 0.128 e. The Balaban J connectivity index is 2.24. The Morgan fingerprint density at radius 1 is 1.30 bits per heavy atom. The van der Waals surface area contributed by atoms with E-state index < -0.39 is 0 Å². The Morgan fingerprint density at radius 2 is 2.05 bits per heavy atom. The molecular weight excluding hydrogens is 250 g/mol. The van der Waals surface area contributed by atoms with Crippen LogP contribution in [0.5, 0.6) is 0 Å². The molecule has 0 aliphatic carbocycles. The molecule has 0 saturated heterocycles. The van der Waals surface area contributed by atoms with Crippen molar-refractivity contribution < 1.29 is 5.11 Å². The lowest BCUT2D eigenvalue weighted by atomic mass is 10.1. The van der Waals surface area contributed by atoms with Gasteiger partial charge in [-0.05, 0) is 32.4 Å². The second-order valence-corrected chi connectivity index (χ2v) is 5.37. The highest BCUT2D eigenvalue weighted by Crippen LogP contribution is 2.20. The summed E-state index contributed by atoms with van der Waals surface area (Å²) in [5.41, 5.74) is 8.06. The molecule has 0 amide bonds. The number of nitrogen functional groups attached to an aromatic ring is 1. The Labute approximate surface area is 120 Å². The molecule has 1 aromatic carbocycles. The summed E-state index contributed by atoms with van der Waals surface area (Å²) in [6.45, 7) is 6.15. The summed E-state index contributed by atoms with van der Waals surface area (Å²) in [6, 6.07) is 10.5. The summed E-state index contributed by atoms with van der Waals surface area (Å²) in [7, 11) is 0. The van der Waals surface area contributed by atoms with Crippen molar-refractivity contribution in [3.05, 3.63) is 35.9 Å². The number of benzene rings is 1. The van der Waals surface area contributed by atoms with Gasteiger partial charge in [-0.2, -0.15) is 0 Å². The Bertz CT molecular complexity index is 569. The highest BCUT2D eigenvalue weighted by Gasteiger charge is 2.12. The van der Waals surface area contributed by atoms with E-state index in [4.69, 9.17) is 10.8 Å². The first-order valence-electron chi connectivity index (χ1n) is 7.11. The fraction of sp³-hybridized carbons (Fsp3) is 0.438. The van der Waals surface area contributed by atoms with Crippen LogP contribution in [0.15, 0.2) is 30.3 Å². The van der Waals surface area contributed by atoms with Crippen LogP contribution in [0.3, 0.4) is 0 Å². The molecule has 0 atom stereocenters. The summed E-state index contributed by atoms with van der Waals surface area (Å²) >= 11 is 0.